The van der Waals surface area contributed by atoms with Crippen LogP contribution < -0.4 is 5.32 Å². The lowest BCUT2D eigenvalue weighted by Gasteiger charge is -2.43. The van der Waals surface area contributed by atoms with Crippen LogP contribution in [-0.4, -0.2) is 46.3 Å². The number of urea groups is 1. The van der Waals surface area contributed by atoms with Crippen LogP contribution in [0.3, 0.4) is 0 Å². The number of aliphatic hydroxyl groups excluding tert-OH is 1. The number of hydrogen-bond donors (Lipinski definition) is 3. The number of likely N-dealkylation sites (tertiary alicyclic amines) is 1. The topological polar surface area (TPSA) is 89.9 Å². The first kappa shape index (κ1) is 18.3. The van der Waals surface area contributed by atoms with Gasteiger partial charge < -0.3 is 20.4 Å². The molecule has 1 aliphatic carbocycles. The third-order valence-electron chi connectivity index (χ3n) is 5.02. The van der Waals surface area contributed by atoms with Gasteiger partial charge in [0.2, 0.25) is 0 Å². The van der Waals surface area contributed by atoms with Crippen LogP contribution in [0.5, 0.6) is 0 Å². The summed E-state index contributed by atoms with van der Waals surface area (Å²) in [6.45, 7) is 0.293. The highest BCUT2D eigenvalue weighted by Crippen LogP contribution is 2.45. The highest BCUT2D eigenvalue weighted by molar-refractivity contribution is 6.42. The number of carboxylic acid groups (broad SMARTS) is 1. The molecule has 0 aromatic heterocycles. The van der Waals surface area contributed by atoms with E-state index < -0.39 is 23.5 Å². The fraction of sp³-hybridized carbons (Fsp3) is 0.529. The van der Waals surface area contributed by atoms with Gasteiger partial charge in [0.1, 0.15) is 5.41 Å². The van der Waals surface area contributed by atoms with E-state index in [0.717, 1.165) is 12.8 Å². The lowest BCUT2D eigenvalue weighted by molar-refractivity contribution is -0.163. The molecule has 136 valence electrons. The molecule has 0 radical (unpaired) electrons. The van der Waals surface area contributed by atoms with Crippen LogP contribution in [-0.2, 0) is 4.79 Å². The van der Waals surface area contributed by atoms with E-state index >= 15 is 0 Å². The maximum absolute atomic E-state index is 12.5. The molecule has 1 aromatic rings. The highest BCUT2D eigenvalue weighted by atomic mass is 35.5. The lowest BCUT2D eigenvalue weighted by Crippen LogP contribution is -2.58. The molecule has 2 atom stereocenters. The van der Waals surface area contributed by atoms with Gasteiger partial charge in [0.15, 0.2) is 0 Å². The molecule has 2 fully saturated rings. The van der Waals surface area contributed by atoms with Crippen LogP contribution in [0.1, 0.15) is 25.7 Å². The van der Waals surface area contributed by atoms with E-state index in [9.17, 15) is 19.8 Å². The van der Waals surface area contributed by atoms with Gasteiger partial charge in [-0.2, -0.15) is 0 Å². The van der Waals surface area contributed by atoms with E-state index in [1.807, 2.05) is 0 Å². The Hall–Kier alpha value is -1.50. The van der Waals surface area contributed by atoms with Gasteiger partial charge in [-0.15, -0.1) is 0 Å². The van der Waals surface area contributed by atoms with Gasteiger partial charge >= 0.3 is 12.0 Å². The summed E-state index contributed by atoms with van der Waals surface area (Å²) in [4.78, 5) is 25.9. The van der Waals surface area contributed by atoms with Crippen molar-refractivity contribution >= 4 is 40.9 Å². The predicted octanol–water partition coefficient (Wildman–Crippen LogP) is 3.46. The number of aliphatic hydroxyl groups is 1. The van der Waals surface area contributed by atoms with E-state index in [0.29, 0.717) is 34.6 Å². The third-order valence-corrected chi connectivity index (χ3v) is 5.76. The summed E-state index contributed by atoms with van der Waals surface area (Å²) in [6, 6.07) is 4.33. The Morgan fingerprint density at radius 3 is 2.56 bits per heavy atom. The van der Waals surface area contributed by atoms with Crippen LogP contribution in [0.15, 0.2) is 18.2 Å². The number of piperidine rings is 1. The lowest BCUT2D eigenvalue weighted by atomic mass is 9.73. The SMILES string of the molecule is O=C(Nc1ccc(Cl)c(Cl)c1)N1CC[C@H](O)[C@](CC2CC2)(C(=O)O)C1. The number of benzene rings is 1. The van der Waals surface area contributed by atoms with Crippen LogP contribution in [0.4, 0.5) is 10.5 Å². The predicted molar refractivity (Wildman–Crippen MR) is 95.1 cm³/mol. The second-order valence-electron chi connectivity index (χ2n) is 6.89. The molecule has 25 heavy (non-hydrogen) atoms. The Balaban J connectivity index is 1.73. The quantitative estimate of drug-likeness (QED) is 0.738. The molecule has 1 aliphatic heterocycles. The fourth-order valence-electron chi connectivity index (χ4n) is 3.36. The number of anilines is 1. The third kappa shape index (κ3) is 3.86. The number of halogens is 2. The van der Waals surface area contributed by atoms with Gasteiger partial charge in [-0.3, -0.25) is 4.79 Å². The molecule has 1 aromatic carbocycles. The summed E-state index contributed by atoms with van der Waals surface area (Å²) in [5.41, 5.74) is -0.817. The normalized spacial score (nSPS) is 26.4. The average molecular weight is 387 g/mol. The van der Waals surface area contributed by atoms with Crippen molar-refractivity contribution in [1.82, 2.24) is 4.90 Å². The maximum atomic E-state index is 12.5. The van der Waals surface area contributed by atoms with Crippen LogP contribution in [0.25, 0.3) is 0 Å². The van der Waals surface area contributed by atoms with Crippen molar-refractivity contribution in [3.63, 3.8) is 0 Å². The van der Waals surface area contributed by atoms with Crippen LogP contribution in [0.2, 0.25) is 10.0 Å². The van der Waals surface area contributed by atoms with Gasteiger partial charge in [0.25, 0.3) is 0 Å². The Morgan fingerprint density at radius 2 is 1.96 bits per heavy atom. The van der Waals surface area contributed by atoms with Crippen molar-refractivity contribution in [2.75, 3.05) is 18.4 Å². The Labute approximate surface area is 155 Å². The van der Waals surface area contributed by atoms with Crippen molar-refractivity contribution in [1.29, 1.82) is 0 Å². The number of carbonyl (C=O) groups excluding carboxylic acids is 1. The number of hydrogen-bond acceptors (Lipinski definition) is 3. The number of carboxylic acids is 1. The van der Waals surface area contributed by atoms with Gasteiger partial charge in [-0.05, 0) is 37.0 Å². The van der Waals surface area contributed by atoms with Crippen molar-refractivity contribution in [2.24, 2.45) is 11.3 Å². The standard InChI is InChI=1S/C17H20Cl2N2O4/c18-12-4-3-11(7-13(12)19)20-16(25)21-6-5-14(22)17(9-21,15(23)24)8-10-1-2-10/h3-4,7,10,14,22H,1-2,5-6,8-9H2,(H,20,25)(H,23,24)/t14-,17+/m0/s1. The Kier molecular flexibility index (Phi) is 5.14. The van der Waals surface area contributed by atoms with Gasteiger partial charge in [0, 0.05) is 18.8 Å². The van der Waals surface area contributed by atoms with E-state index in [4.69, 9.17) is 23.2 Å². The zero-order chi connectivity index (χ0) is 18.2. The smallest absolute Gasteiger partial charge is 0.321 e. The molecule has 1 heterocycles. The first-order valence-electron chi connectivity index (χ1n) is 8.24. The molecular weight excluding hydrogens is 367 g/mol. The second kappa shape index (κ2) is 7.02. The summed E-state index contributed by atoms with van der Waals surface area (Å²) in [7, 11) is 0. The van der Waals surface area contributed by atoms with Gasteiger partial charge in [-0.1, -0.05) is 36.0 Å². The zero-order valence-electron chi connectivity index (χ0n) is 13.5. The number of rotatable bonds is 4. The minimum absolute atomic E-state index is 0.00679. The molecule has 1 saturated heterocycles. The molecule has 0 bridgehead atoms. The highest BCUT2D eigenvalue weighted by Gasteiger charge is 2.52. The Bertz CT molecular complexity index is 695. The molecule has 2 amide bonds. The number of nitrogens with zero attached hydrogens (tertiary/aromatic N) is 1. The molecule has 8 heteroatoms. The fourth-order valence-corrected chi connectivity index (χ4v) is 3.66. The molecule has 2 aliphatic rings. The minimum Gasteiger partial charge on any atom is -0.481 e. The number of amides is 2. The number of carbonyl (C=O) groups is 2. The van der Waals surface area contributed by atoms with Crippen LogP contribution in [0, 0.1) is 11.3 Å². The van der Waals surface area contributed by atoms with Crippen molar-refractivity contribution in [3.8, 4) is 0 Å². The molecule has 1 saturated carbocycles. The van der Waals surface area contributed by atoms with E-state index in [-0.39, 0.29) is 13.0 Å². The Morgan fingerprint density at radius 1 is 1.24 bits per heavy atom. The van der Waals surface area contributed by atoms with Crippen LogP contribution >= 0.6 is 23.2 Å². The minimum atomic E-state index is -1.30. The van der Waals surface area contributed by atoms with Crippen molar-refractivity contribution < 1.29 is 19.8 Å². The van der Waals surface area contributed by atoms with Gasteiger partial charge in [0.05, 0.1) is 16.1 Å². The van der Waals surface area contributed by atoms with E-state index in [2.05, 4.69) is 5.32 Å². The number of nitrogens with one attached hydrogen (secondary N) is 1. The largest absolute Gasteiger partial charge is 0.481 e. The summed E-state index contributed by atoms with van der Waals surface area (Å²) in [5, 5.41) is 23.5. The van der Waals surface area contributed by atoms with Gasteiger partial charge in [-0.25, -0.2) is 4.79 Å². The number of aliphatic carboxylic acids is 1. The molecule has 3 N–H and O–H groups in total. The van der Waals surface area contributed by atoms with E-state index in [1.165, 1.54) is 11.0 Å². The average Bonchev–Trinajstić information content (AvgIpc) is 3.36. The maximum Gasteiger partial charge on any atom is 0.321 e. The summed E-state index contributed by atoms with van der Waals surface area (Å²) >= 11 is 11.8. The monoisotopic (exact) mass is 386 g/mol. The molecular formula is C17H20Cl2N2O4. The van der Waals surface area contributed by atoms with E-state index in [1.54, 1.807) is 12.1 Å². The van der Waals surface area contributed by atoms with Crippen molar-refractivity contribution in [2.45, 2.75) is 31.8 Å². The second-order valence-corrected chi connectivity index (χ2v) is 7.71. The molecule has 6 nitrogen and oxygen atoms in total. The summed E-state index contributed by atoms with van der Waals surface area (Å²) < 4.78 is 0. The molecule has 0 spiro atoms. The first-order chi connectivity index (χ1) is 11.8. The summed E-state index contributed by atoms with van der Waals surface area (Å²) in [5.74, 6) is -0.720. The van der Waals surface area contributed by atoms with Crippen molar-refractivity contribution in [3.05, 3.63) is 28.2 Å². The summed E-state index contributed by atoms with van der Waals surface area (Å²) in [6.07, 6.45) is 1.67. The zero-order valence-corrected chi connectivity index (χ0v) is 15.1. The molecule has 0 unspecified atom stereocenters. The molecule has 3 rings (SSSR count). The first-order valence-corrected chi connectivity index (χ1v) is 9.00.